The van der Waals surface area contributed by atoms with E-state index in [1.54, 1.807) is 6.20 Å². The lowest BCUT2D eigenvalue weighted by atomic mass is 10.0. The van der Waals surface area contributed by atoms with Crippen LogP contribution in [0, 0.1) is 20.8 Å². The Bertz CT molecular complexity index is 1750. The number of benzene rings is 2. The maximum Gasteiger partial charge on any atom is 0.298 e. The van der Waals surface area contributed by atoms with E-state index in [-0.39, 0.29) is 0 Å². The van der Waals surface area contributed by atoms with Crippen molar-refractivity contribution in [1.82, 2.24) is 14.5 Å². The second-order valence-corrected chi connectivity index (χ2v) is 11.3. The predicted octanol–water partition coefficient (Wildman–Crippen LogP) is 6.07. The number of pyridine rings is 2. The molecule has 44 heavy (non-hydrogen) atoms. The standard InChI is InChI=1S/C36H36N6O2/c1-25-21-26(2)38-33(22-25)41-19-17-40(18-20-41)31-14-12-29(13-15-31)39-36(44)35(43)34-32(28-9-5-4-6-10-28)23-27(3)42(34)24-30-11-7-8-16-37-30/h4-16,21-23H,17-20,24H2,1-3H3,(H,39,44). The number of nitrogens with zero attached hydrogens (tertiary/aromatic N) is 5. The van der Waals surface area contributed by atoms with Gasteiger partial charge in [-0.05, 0) is 86.5 Å². The quantitative estimate of drug-likeness (QED) is 0.176. The summed E-state index contributed by atoms with van der Waals surface area (Å²) in [5.41, 5.74) is 7.55. The molecule has 0 bridgehead atoms. The predicted molar refractivity (Wildman–Crippen MR) is 175 cm³/mol. The summed E-state index contributed by atoms with van der Waals surface area (Å²) in [4.78, 5) is 41.0. The Morgan fingerprint density at radius 1 is 0.795 bits per heavy atom. The molecule has 6 rings (SSSR count). The van der Waals surface area contributed by atoms with Crippen molar-refractivity contribution in [3.8, 4) is 11.1 Å². The van der Waals surface area contributed by atoms with E-state index >= 15 is 0 Å². The molecule has 0 unspecified atom stereocenters. The Hall–Kier alpha value is -5.24. The third-order valence-corrected chi connectivity index (χ3v) is 8.03. The summed E-state index contributed by atoms with van der Waals surface area (Å²) in [7, 11) is 0. The average molecular weight is 585 g/mol. The van der Waals surface area contributed by atoms with Crippen molar-refractivity contribution in [2.45, 2.75) is 27.3 Å². The van der Waals surface area contributed by atoms with Gasteiger partial charge in [0.25, 0.3) is 11.7 Å². The van der Waals surface area contributed by atoms with E-state index < -0.39 is 11.7 Å². The minimum absolute atomic E-state index is 0.352. The van der Waals surface area contributed by atoms with Crippen molar-refractivity contribution in [3.05, 3.63) is 126 Å². The third-order valence-electron chi connectivity index (χ3n) is 8.03. The molecule has 222 valence electrons. The molecule has 1 fully saturated rings. The first-order valence-electron chi connectivity index (χ1n) is 14.9. The number of carbonyl (C=O) groups excluding carboxylic acids is 2. The molecule has 8 heteroatoms. The SMILES string of the molecule is Cc1cc(C)nc(N2CCN(c3ccc(NC(=O)C(=O)c4c(-c5ccccc5)cc(C)n4Cc4ccccn4)cc3)CC2)c1. The van der Waals surface area contributed by atoms with Crippen LogP contribution >= 0.6 is 0 Å². The number of rotatable bonds is 8. The van der Waals surface area contributed by atoms with Gasteiger partial charge >= 0.3 is 0 Å². The van der Waals surface area contributed by atoms with Gasteiger partial charge in [-0.1, -0.05) is 36.4 Å². The van der Waals surface area contributed by atoms with Gasteiger partial charge in [0.15, 0.2) is 0 Å². The number of carbonyl (C=O) groups is 2. The fraction of sp³-hybridized carbons (Fsp3) is 0.222. The Kier molecular flexibility index (Phi) is 8.23. The molecule has 1 saturated heterocycles. The molecular formula is C36H36N6O2. The van der Waals surface area contributed by atoms with Crippen molar-refractivity contribution < 1.29 is 9.59 Å². The lowest BCUT2D eigenvalue weighted by molar-refractivity contribution is -0.112. The molecule has 1 amide bonds. The van der Waals surface area contributed by atoms with Crippen LogP contribution < -0.4 is 15.1 Å². The summed E-state index contributed by atoms with van der Waals surface area (Å²) in [5, 5.41) is 2.84. The van der Waals surface area contributed by atoms with Gasteiger partial charge in [0.1, 0.15) is 11.5 Å². The van der Waals surface area contributed by atoms with Crippen LogP contribution in [0.3, 0.4) is 0 Å². The minimum Gasteiger partial charge on any atom is -0.368 e. The smallest absolute Gasteiger partial charge is 0.298 e. The molecule has 1 aliphatic heterocycles. The van der Waals surface area contributed by atoms with E-state index in [4.69, 9.17) is 4.98 Å². The fourth-order valence-corrected chi connectivity index (χ4v) is 5.84. The van der Waals surface area contributed by atoms with Gasteiger partial charge < -0.3 is 19.7 Å². The summed E-state index contributed by atoms with van der Waals surface area (Å²) < 4.78 is 1.88. The van der Waals surface area contributed by atoms with Crippen LogP contribution in [0.2, 0.25) is 0 Å². The van der Waals surface area contributed by atoms with Gasteiger partial charge in [-0.25, -0.2) is 4.98 Å². The van der Waals surface area contributed by atoms with Gasteiger partial charge in [-0.3, -0.25) is 14.6 Å². The van der Waals surface area contributed by atoms with Crippen LogP contribution in [0.25, 0.3) is 11.1 Å². The number of aryl methyl sites for hydroxylation is 3. The second-order valence-electron chi connectivity index (χ2n) is 11.3. The molecular weight excluding hydrogens is 548 g/mol. The molecule has 8 nitrogen and oxygen atoms in total. The van der Waals surface area contributed by atoms with Crippen LogP contribution in [0.4, 0.5) is 17.2 Å². The van der Waals surface area contributed by atoms with E-state index in [0.29, 0.717) is 17.9 Å². The summed E-state index contributed by atoms with van der Waals surface area (Å²) in [6.45, 7) is 9.96. The zero-order valence-corrected chi connectivity index (χ0v) is 25.3. The van der Waals surface area contributed by atoms with E-state index in [1.807, 2.05) is 97.3 Å². The normalized spacial score (nSPS) is 13.2. The minimum atomic E-state index is -0.676. The molecule has 0 spiro atoms. The van der Waals surface area contributed by atoms with E-state index in [1.165, 1.54) is 5.56 Å². The number of ketones is 1. The molecule has 3 aromatic heterocycles. The van der Waals surface area contributed by atoms with E-state index in [0.717, 1.165) is 65.9 Å². The number of hydrogen-bond acceptors (Lipinski definition) is 6. The maximum absolute atomic E-state index is 13.8. The molecule has 0 aliphatic carbocycles. The van der Waals surface area contributed by atoms with Crippen molar-refractivity contribution >= 4 is 28.9 Å². The molecule has 0 saturated carbocycles. The van der Waals surface area contributed by atoms with Crippen molar-refractivity contribution in [3.63, 3.8) is 0 Å². The molecule has 0 atom stereocenters. The Morgan fingerprint density at radius 2 is 1.50 bits per heavy atom. The highest BCUT2D eigenvalue weighted by Crippen LogP contribution is 2.29. The summed E-state index contributed by atoms with van der Waals surface area (Å²) in [5.74, 6) is -0.236. The maximum atomic E-state index is 13.8. The van der Waals surface area contributed by atoms with Gasteiger partial charge in [0.2, 0.25) is 0 Å². The topological polar surface area (TPSA) is 83.4 Å². The van der Waals surface area contributed by atoms with Crippen LogP contribution in [0.15, 0.2) is 97.2 Å². The number of anilines is 3. The number of hydrogen-bond donors (Lipinski definition) is 1. The first-order chi connectivity index (χ1) is 21.4. The second kappa shape index (κ2) is 12.6. The highest BCUT2D eigenvalue weighted by molar-refractivity contribution is 6.47. The Labute approximate surface area is 258 Å². The van der Waals surface area contributed by atoms with Gasteiger partial charge in [0.05, 0.1) is 12.2 Å². The largest absolute Gasteiger partial charge is 0.368 e. The molecule has 1 aliphatic rings. The lowest BCUT2D eigenvalue weighted by Gasteiger charge is -2.37. The first kappa shape index (κ1) is 28.9. The first-order valence-corrected chi connectivity index (χ1v) is 14.9. The average Bonchev–Trinajstić information content (AvgIpc) is 3.36. The lowest BCUT2D eigenvalue weighted by Crippen LogP contribution is -2.46. The Morgan fingerprint density at radius 3 is 2.18 bits per heavy atom. The van der Waals surface area contributed by atoms with Crippen molar-refractivity contribution in [2.75, 3.05) is 41.3 Å². The summed E-state index contributed by atoms with van der Waals surface area (Å²) in [6, 6.07) is 29.3. The third kappa shape index (κ3) is 6.24. The molecule has 5 aromatic rings. The summed E-state index contributed by atoms with van der Waals surface area (Å²) >= 11 is 0. The molecule has 4 heterocycles. The zero-order chi connectivity index (χ0) is 30.6. The number of Topliss-reactive ketones (excluding diaryl/α,β-unsaturated/α-hetero) is 1. The van der Waals surface area contributed by atoms with Crippen molar-refractivity contribution in [1.29, 1.82) is 0 Å². The molecule has 0 radical (unpaired) electrons. The molecule has 1 N–H and O–H groups in total. The van der Waals surface area contributed by atoms with Crippen LogP contribution in [0.1, 0.15) is 33.1 Å². The summed E-state index contributed by atoms with van der Waals surface area (Å²) in [6.07, 6.45) is 1.73. The number of amides is 1. The zero-order valence-electron chi connectivity index (χ0n) is 25.3. The number of aromatic nitrogens is 3. The molecule has 2 aromatic carbocycles. The van der Waals surface area contributed by atoms with Gasteiger partial charge in [-0.15, -0.1) is 0 Å². The van der Waals surface area contributed by atoms with Crippen LogP contribution in [-0.4, -0.2) is 52.4 Å². The highest BCUT2D eigenvalue weighted by Gasteiger charge is 2.27. The van der Waals surface area contributed by atoms with Crippen LogP contribution in [0.5, 0.6) is 0 Å². The Balaban J connectivity index is 1.16. The van der Waals surface area contributed by atoms with Gasteiger partial charge in [-0.2, -0.15) is 0 Å². The van der Waals surface area contributed by atoms with E-state index in [2.05, 4.69) is 39.2 Å². The van der Waals surface area contributed by atoms with Crippen LogP contribution in [-0.2, 0) is 11.3 Å². The van der Waals surface area contributed by atoms with E-state index in [9.17, 15) is 9.59 Å². The number of piperazine rings is 1. The monoisotopic (exact) mass is 584 g/mol. The van der Waals surface area contributed by atoms with Crippen molar-refractivity contribution in [2.24, 2.45) is 0 Å². The van der Waals surface area contributed by atoms with Gasteiger partial charge in [0, 0.05) is 60.7 Å². The number of nitrogens with one attached hydrogen (secondary N) is 1. The fourth-order valence-electron chi connectivity index (χ4n) is 5.84. The highest BCUT2D eigenvalue weighted by atomic mass is 16.2.